The molecule has 1 heterocycles. The summed E-state index contributed by atoms with van der Waals surface area (Å²) in [5, 5.41) is 2.89. The summed E-state index contributed by atoms with van der Waals surface area (Å²) in [5.41, 5.74) is 0. The number of alkyl halides is 1. The standard InChI is InChI=1S/C7H8Cl2S/c8-4-1-2-7-6(9)3-5-10-7/h3,5H,1-2,4H2. The lowest BCUT2D eigenvalue weighted by Crippen LogP contribution is -1.81. The molecule has 0 atom stereocenters. The van der Waals surface area contributed by atoms with E-state index in [1.54, 1.807) is 11.3 Å². The van der Waals surface area contributed by atoms with Gasteiger partial charge in [-0.3, -0.25) is 0 Å². The van der Waals surface area contributed by atoms with Gasteiger partial charge in [0.25, 0.3) is 0 Å². The molecule has 0 N–H and O–H groups in total. The van der Waals surface area contributed by atoms with E-state index in [0.717, 1.165) is 17.9 Å². The fourth-order valence-corrected chi connectivity index (χ4v) is 2.04. The lowest BCUT2D eigenvalue weighted by molar-refractivity contribution is 0.947. The second-order valence-corrected chi connectivity index (χ2v) is 3.77. The second kappa shape index (κ2) is 4.22. The first kappa shape index (κ1) is 8.38. The Morgan fingerprint density at radius 2 is 2.30 bits per heavy atom. The molecule has 0 nitrogen and oxygen atoms in total. The number of halogens is 2. The van der Waals surface area contributed by atoms with E-state index in [9.17, 15) is 0 Å². The minimum Gasteiger partial charge on any atom is -0.147 e. The van der Waals surface area contributed by atoms with Gasteiger partial charge in [-0.05, 0) is 24.3 Å². The Bertz CT molecular complexity index is 195. The Labute approximate surface area is 74.8 Å². The Kier molecular flexibility index (Phi) is 3.53. The summed E-state index contributed by atoms with van der Waals surface area (Å²) in [6, 6.07) is 1.93. The van der Waals surface area contributed by atoms with Crippen molar-refractivity contribution in [3.63, 3.8) is 0 Å². The highest BCUT2D eigenvalue weighted by Gasteiger charge is 1.99. The van der Waals surface area contributed by atoms with Crippen molar-refractivity contribution in [1.29, 1.82) is 0 Å². The van der Waals surface area contributed by atoms with Crippen LogP contribution in [0.1, 0.15) is 11.3 Å². The lowest BCUT2D eigenvalue weighted by Gasteiger charge is -1.92. The molecule has 0 unspecified atom stereocenters. The van der Waals surface area contributed by atoms with Gasteiger partial charge < -0.3 is 0 Å². The quantitative estimate of drug-likeness (QED) is 0.646. The van der Waals surface area contributed by atoms with Gasteiger partial charge in [0.15, 0.2) is 0 Å². The summed E-state index contributed by atoms with van der Waals surface area (Å²) in [5.74, 6) is 0.716. The molecule has 0 radical (unpaired) electrons. The van der Waals surface area contributed by atoms with Crippen LogP contribution in [0.2, 0.25) is 5.02 Å². The van der Waals surface area contributed by atoms with Crippen molar-refractivity contribution < 1.29 is 0 Å². The largest absolute Gasteiger partial charge is 0.147 e. The number of aryl methyl sites for hydroxylation is 1. The van der Waals surface area contributed by atoms with Crippen LogP contribution >= 0.6 is 34.5 Å². The molecule has 0 saturated carbocycles. The van der Waals surface area contributed by atoms with E-state index in [1.165, 1.54) is 4.88 Å². The van der Waals surface area contributed by atoms with Gasteiger partial charge in [-0.2, -0.15) is 0 Å². The maximum absolute atomic E-state index is 5.84. The van der Waals surface area contributed by atoms with E-state index >= 15 is 0 Å². The van der Waals surface area contributed by atoms with Crippen LogP contribution in [0.25, 0.3) is 0 Å². The summed E-state index contributed by atoms with van der Waals surface area (Å²) in [6.45, 7) is 0. The average molecular weight is 195 g/mol. The monoisotopic (exact) mass is 194 g/mol. The third-order valence-electron chi connectivity index (χ3n) is 1.23. The molecule has 0 aromatic carbocycles. The molecular weight excluding hydrogens is 187 g/mol. The smallest absolute Gasteiger partial charge is 0.0544 e. The summed E-state index contributed by atoms with van der Waals surface area (Å²) in [4.78, 5) is 1.25. The van der Waals surface area contributed by atoms with Gasteiger partial charge in [-0.1, -0.05) is 11.6 Å². The Morgan fingerprint density at radius 3 is 2.80 bits per heavy atom. The van der Waals surface area contributed by atoms with Crippen LogP contribution in [0, 0.1) is 0 Å². The van der Waals surface area contributed by atoms with E-state index in [1.807, 2.05) is 11.4 Å². The lowest BCUT2D eigenvalue weighted by atomic mass is 10.3. The predicted octanol–water partition coefficient (Wildman–Crippen LogP) is 3.57. The second-order valence-electron chi connectivity index (χ2n) is 1.98. The van der Waals surface area contributed by atoms with Gasteiger partial charge >= 0.3 is 0 Å². The molecule has 0 spiro atoms. The van der Waals surface area contributed by atoms with Gasteiger partial charge in [0.1, 0.15) is 0 Å². The third-order valence-corrected chi connectivity index (χ3v) is 2.94. The molecule has 1 rings (SSSR count). The highest BCUT2D eigenvalue weighted by molar-refractivity contribution is 7.10. The normalized spacial score (nSPS) is 10.2. The van der Waals surface area contributed by atoms with E-state index in [4.69, 9.17) is 23.2 Å². The van der Waals surface area contributed by atoms with Crippen molar-refractivity contribution >= 4 is 34.5 Å². The van der Waals surface area contributed by atoms with Gasteiger partial charge in [0.2, 0.25) is 0 Å². The fourth-order valence-electron chi connectivity index (χ4n) is 0.731. The minimum absolute atomic E-state index is 0.716. The zero-order chi connectivity index (χ0) is 7.40. The molecule has 0 aliphatic rings. The van der Waals surface area contributed by atoms with Gasteiger partial charge in [-0.25, -0.2) is 0 Å². The molecular formula is C7H8Cl2S. The molecule has 1 aromatic rings. The first-order valence-electron chi connectivity index (χ1n) is 3.12. The van der Waals surface area contributed by atoms with E-state index in [0.29, 0.717) is 5.88 Å². The Hall–Kier alpha value is 0.280. The fraction of sp³-hybridized carbons (Fsp3) is 0.429. The van der Waals surface area contributed by atoms with Crippen molar-refractivity contribution in [2.45, 2.75) is 12.8 Å². The van der Waals surface area contributed by atoms with E-state index in [2.05, 4.69) is 0 Å². The van der Waals surface area contributed by atoms with E-state index in [-0.39, 0.29) is 0 Å². The number of rotatable bonds is 3. The van der Waals surface area contributed by atoms with Crippen LogP contribution in [0.15, 0.2) is 11.4 Å². The van der Waals surface area contributed by atoms with Crippen LogP contribution in [0.3, 0.4) is 0 Å². The van der Waals surface area contributed by atoms with Gasteiger partial charge in [0.05, 0.1) is 5.02 Å². The average Bonchev–Trinajstić information content (AvgIpc) is 2.31. The maximum atomic E-state index is 5.84. The highest BCUT2D eigenvalue weighted by atomic mass is 35.5. The van der Waals surface area contributed by atoms with Gasteiger partial charge in [-0.15, -0.1) is 22.9 Å². The SMILES string of the molecule is ClCCCc1sccc1Cl. The highest BCUT2D eigenvalue weighted by Crippen LogP contribution is 2.23. The zero-order valence-electron chi connectivity index (χ0n) is 5.44. The first-order chi connectivity index (χ1) is 4.84. The molecule has 10 heavy (non-hydrogen) atoms. The van der Waals surface area contributed by atoms with Crippen LogP contribution in [-0.4, -0.2) is 5.88 Å². The van der Waals surface area contributed by atoms with Crippen LogP contribution in [-0.2, 0) is 6.42 Å². The maximum Gasteiger partial charge on any atom is 0.0544 e. The molecule has 0 saturated heterocycles. The summed E-state index contributed by atoms with van der Waals surface area (Å²) >= 11 is 13.1. The molecule has 56 valence electrons. The van der Waals surface area contributed by atoms with Gasteiger partial charge in [0, 0.05) is 10.8 Å². The Balaban J connectivity index is 2.49. The number of hydrogen-bond donors (Lipinski definition) is 0. The first-order valence-corrected chi connectivity index (χ1v) is 4.91. The molecule has 1 aromatic heterocycles. The minimum atomic E-state index is 0.716. The molecule has 0 amide bonds. The summed E-state index contributed by atoms with van der Waals surface area (Å²) in [7, 11) is 0. The molecule has 3 heteroatoms. The summed E-state index contributed by atoms with van der Waals surface area (Å²) in [6.07, 6.45) is 2.03. The number of hydrogen-bond acceptors (Lipinski definition) is 1. The molecule has 0 fully saturated rings. The van der Waals surface area contributed by atoms with Crippen LogP contribution in [0.4, 0.5) is 0 Å². The van der Waals surface area contributed by atoms with Crippen LogP contribution < -0.4 is 0 Å². The van der Waals surface area contributed by atoms with Crippen molar-refractivity contribution in [2.75, 3.05) is 5.88 Å². The molecule has 0 aliphatic heterocycles. The molecule has 0 aliphatic carbocycles. The predicted molar refractivity (Wildman–Crippen MR) is 48.4 cm³/mol. The van der Waals surface area contributed by atoms with Crippen molar-refractivity contribution in [2.24, 2.45) is 0 Å². The van der Waals surface area contributed by atoms with E-state index < -0.39 is 0 Å². The number of thiophene rings is 1. The molecule has 0 bridgehead atoms. The van der Waals surface area contributed by atoms with Crippen molar-refractivity contribution in [3.05, 3.63) is 21.3 Å². The van der Waals surface area contributed by atoms with Crippen molar-refractivity contribution in [1.82, 2.24) is 0 Å². The third kappa shape index (κ3) is 2.15. The van der Waals surface area contributed by atoms with Crippen LogP contribution in [0.5, 0.6) is 0 Å². The summed E-state index contributed by atoms with van der Waals surface area (Å²) < 4.78 is 0. The Morgan fingerprint density at radius 1 is 1.50 bits per heavy atom. The topological polar surface area (TPSA) is 0 Å². The zero-order valence-corrected chi connectivity index (χ0v) is 7.77. The van der Waals surface area contributed by atoms with Crippen molar-refractivity contribution in [3.8, 4) is 0 Å².